The monoisotopic (exact) mass is 522 g/mol. The quantitative estimate of drug-likeness (QED) is 0.297. The van der Waals surface area contributed by atoms with Gasteiger partial charge in [-0.3, -0.25) is 14.5 Å². The number of carbonyl (C=O) groups is 2. The normalized spacial score (nSPS) is 15.5. The van der Waals surface area contributed by atoms with E-state index in [0.717, 1.165) is 10.5 Å². The van der Waals surface area contributed by atoms with Crippen LogP contribution in [0.1, 0.15) is 30.5 Å². The molecule has 0 bridgehead atoms. The fourth-order valence-corrected chi connectivity index (χ4v) is 4.40. The highest BCUT2D eigenvalue weighted by atomic mass is 16.7. The van der Waals surface area contributed by atoms with E-state index in [2.05, 4.69) is 0 Å². The lowest BCUT2D eigenvalue weighted by atomic mass is 9.93. The van der Waals surface area contributed by atoms with Gasteiger partial charge >= 0.3 is 0 Å². The van der Waals surface area contributed by atoms with Crippen LogP contribution in [-0.4, -0.2) is 30.1 Å². The van der Waals surface area contributed by atoms with Gasteiger partial charge in [0.05, 0.1) is 13.2 Å². The van der Waals surface area contributed by atoms with Crippen molar-refractivity contribution in [1.82, 2.24) is 4.90 Å². The third kappa shape index (κ3) is 5.34. The van der Waals surface area contributed by atoms with E-state index in [1.807, 2.05) is 43.3 Å². The van der Waals surface area contributed by atoms with Crippen LogP contribution in [0.3, 0.4) is 0 Å². The smallest absolute Gasteiger partial charge is 0.271 e. The molecule has 0 spiro atoms. The number of hydrogen-bond acceptors (Lipinski definition) is 7. The summed E-state index contributed by atoms with van der Waals surface area (Å²) >= 11 is 0. The number of carbonyl (C=O) groups excluding carboxylic acids is 2. The highest BCUT2D eigenvalue weighted by molar-refractivity contribution is 6.19. The van der Waals surface area contributed by atoms with Crippen molar-refractivity contribution in [2.75, 3.05) is 13.4 Å². The molecule has 0 aromatic heterocycles. The highest BCUT2D eigenvalue weighted by Gasteiger charge is 2.35. The first-order valence-electron chi connectivity index (χ1n) is 12.5. The summed E-state index contributed by atoms with van der Waals surface area (Å²) in [7, 11) is 0. The summed E-state index contributed by atoms with van der Waals surface area (Å²) in [6.45, 7) is 4.40. The van der Waals surface area contributed by atoms with Crippen LogP contribution in [0.5, 0.6) is 23.0 Å². The highest BCUT2D eigenvalue weighted by Crippen LogP contribution is 2.35. The number of amides is 2. The van der Waals surface area contributed by atoms with Crippen molar-refractivity contribution in [3.8, 4) is 29.1 Å². The molecule has 0 saturated heterocycles. The van der Waals surface area contributed by atoms with Crippen LogP contribution in [-0.2, 0) is 22.7 Å². The van der Waals surface area contributed by atoms with E-state index in [1.165, 1.54) is 0 Å². The number of nitriles is 1. The minimum atomic E-state index is -0.630. The largest absolute Gasteiger partial charge is 0.490 e. The van der Waals surface area contributed by atoms with Crippen LogP contribution in [0, 0.1) is 11.3 Å². The molecule has 0 saturated carbocycles. The molecule has 2 aliphatic heterocycles. The molecule has 39 heavy (non-hydrogen) atoms. The number of ether oxygens (including phenoxy) is 4. The van der Waals surface area contributed by atoms with E-state index >= 15 is 0 Å². The zero-order valence-electron chi connectivity index (χ0n) is 21.6. The molecule has 0 unspecified atom stereocenters. The summed E-state index contributed by atoms with van der Waals surface area (Å²) in [5.41, 5.74) is 2.88. The Kier molecular flexibility index (Phi) is 7.32. The maximum atomic E-state index is 13.6. The van der Waals surface area contributed by atoms with Crippen LogP contribution in [0.15, 0.2) is 83.4 Å². The van der Waals surface area contributed by atoms with E-state index in [1.54, 1.807) is 49.4 Å². The summed E-state index contributed by atoms with van der Waals surface area (Å²) in [5.74, 6) is 1.13. The summed E-state index contributed by atoms with van der Waals surface area (Å²) in [6.07, 6.45) is 1.66. The molecule has 3 aromatic rings. The minimum absolute atomic E-state index is 0.0133. The van der Waals surface area contributed by atoms with E-state index in [4.69, 9.17) is 18.9 Å². The van der Waals surface area contributed by atoms with Crippen molar-refractivity contribution < 1.29 is 28.5 Å². The zero-order chi connectivity index (χ0) is 27.4. The molecule has 0 radical (unpaired) electrons. The van der Waals surface area contributed by atoms with Crippen molar-refractivity contribution in [2.24, 2.45) is 0 Å². The molecule has 0 fully saturated rings. The zero-order valence-corrected chi connectivity index (χ0v) is 21.6. The van der Waals surface area contributed by atoms with Gasteiger partial charge in [0.2, 0.25) is 6.79 Å². The fourth-order valence-electron chi connectivity index (χ4n) is 4.40. The van der Waals surface area contributed by atoms with Gasteiger partial charge in [0, 0.05) is 5.57 Å². The van der Waals surface area contributed by atoms with Gasteiger partial charge in [-0.2, -0.15) is 5.26 Å². The molecule has 8 heteroatoms. The Morgan fingerprint density at radius 1 is 0.923 bits per heavy atom. The van der Waals surface area contributed by atoms with Crippen molar-refractivity contribution in [3.05, 3.63) is 100 Å². The number of imide groups is 1. The third-order valence-corrected chi connectivity index (χ3v) is 6.42. The van der Waals surface area contributed by atoms with E-state index in [0.29, 0.717) is 52.9 Å². The number of nitrogens with zero attached hydrogens (tertiary/aromatic N) is 2. The molecule has 5 rings (SSSR count). The van der Waals surface area contributed by atoms with Crippen molar-refractivity contribution >= 4 is 17.9 Å². The molecule has 0 N–H and O–H groups in total. The number of hydrogen-bond donors (Lipinski definition) is 0. The van der Waals surface area contributed by atoms with Crippen molar-refractivity contribution in [2.45, 2.75) is 27.0 Å². The summed E-state index contributed by atoms with van der Waals surface area (Å²) in [6, 6.07) is 22.4. The first kappa shape index (κ1) is 25.6. The van der Waals surface area contributed by atoms with E-state index in [-0.39, 0.29) is 24.5 Å². The van der Waals surface area contributed by atoms with E-state index in [9.17, 15) is 14.9 Å². The van der Waals surface area contributed by atoms with Crippen LogP contribution >= 0.6 is 0 Å². The number of rotatable bonds is 8. The lowest BCUT2D eigenvalue weighted by molar-refractivity contribution is -0.141. The molecule has 8 nitrogen and oxygen atoms in total. The lowest BCUT2D eigenvalue weighted by Gasteiger charge is -2.27. The molecule has 0 aliphatic carbocycles. The maximum absolute atomic E-state index is 13.6. The predicted octanol–water partition coefficient (Wildman–Crippen LogP) is 5.19. The van der Waals surface area contributed by atoms with Gasteiger partial charge in [-0.25, -0.2) is 0 Å². The molecule has 3 aromatic carbocycles. The Morgan fingerprint density at radius 2 is 1.72 bits per heavy atom. The lowest BCUT2D eigenvalue weighted by Crippen LogP contribution is -2.42. The second kappa shape index (κ2) is 11.2. The van der Waals surface area contributed by atoms with Gasteiger partial charge in [-0.15, -0.1) is 0 Å². The molecule has 2 heterocycles. The second-order valence-electron chi connectivity index (χ2n) is 8.97. The Labute approximate surface area is 226 Å². The number of benzene rings is 3. The Bertz CT molecular complexity index is 1530. The maximum Gasteiger partial charge on any atom is 0.271 e. The summed E-state index contributed by atoms with van der Waals surface area (Å²) in [5, 5.41) is 9.75. The Hall–Kier alpha value is -5.03. The molecule has 2 amide bonds. The van der Waals surface area contributed by atoms with Crippen molar-refractivity contribution in [3.63, 3.8) is 0 Å². The van der Waals surface area contributed by atoms with Gasteiger partial charge in [0.25, 0.3) is 11.8 Å². The molecular formula is C31H26N2O6. The van der Waals surface area contributed by atoms with Crippen LogP contribution in [0.25, 0.3) is 6.08 Å². The van der Waals surface area contributed by atoms with Crippen molar-refractivity contribution in [1.29, 1.82) is 5.26 Å². The summed E-state index contributed by atoms with van der Waals surface area (Å²) < 4.78 is 22.6. The SMILES string of the molecule is CCOc1cc(/C=C2/C(=O)N(Cc3ccc4c(c3)OCO4)C(=O)C(C#N)=C2C)ccc1OCc1ccccc1. The van der Waals surface area contributed by atoms with E-state index < -0.39 is 11.8 Å². The van der Waals surface area contributed by atoms with Crippen LogP contribution < -0.4 is 18.9 Å². The van der Waals surface area contributed by atoms with Gasteiger partial charge in [0.15, 0.2) is 23.0 Å². The predicted molar refractivity (Wildman–Crippen MR) is 143 cm³/mol. The fraction of sp³-hybridized carbons (Fsp3) is 0.194. The standard InChI is InChI=1S/C31H26N2O6/c1-3-36-28-14-22(9-11-26(28)37-18-21-7-5-4-6-8-21)13-24-20(2)25(16-32)31(35)33(30(24)34)17-23-10-12-27-29(15-23)39-19-38-27/h4-15H,3,17-19H2,1-2H3/b24-13+. The molecule has 196 valence electrons. The second-order valence-corrected chi connectivity index (χ2v) is 8.97. The molecule has 0 atom stereocenters. The molecule has 2 aliphatic rings. The first-order valence-corrected chi connectivity index (χ1v) is 12.5. The van der Waals surface area contributed by atoms with Gasteiger partial charge < -0.3 is 18.9 Å². The Morgan fingerprint density at radius 3 is 2.49 bits per heavy atom. The average molecular weight is 523 g/mol. The van der Waals surface area contributed by atoms with Gasteiger partial charge in [-0.1, -0.05) is 42.5 Å². The minimum Gasteiger partial charge on any atom is -0.490 e. The average Bonchev–Trinajstić information content (AvgIpc) is 3.42. The van der Waals surface area contributed by atoms with Gasteiger partial charge in [-0.05, 0) is 66.5 Å². The Balaban J connectivity index is 1.44. The molecular weight excluding hydrogens is 496 g/mol. The first-order chi connectivity index (χ1) is 19.0. The third-order valence-electron chi connectivity index (χ3n) is 6.42. The number of fused-ring (bicyclic) bond motifs is 1. The summed E-state index contributed by atoms with van der Waals surface area (Å²) in [4.78, 5) is 27.7. The topological polar surface area (TPSA) is 98.1 Å². The van der Waals surface area contributed by atoms with Crippen LogP contribution in [0.4, 0.5) is 0 Å². The van der Waals surface area contributed by atoms with Crippen LogP contribution in [0.2, 0.25) is 0 Å². The van der Waals surface area contributed by atoms with Gasteiger partial charge in [0.1, 0.15) is 18.2 Å².